The van der Waals surface area contributed by atoms with Crippen molar-refractivity contribution in [1.82, 2.24) is 0 Å². The molecule has 0 fully saturated rings. The molecular weight excluding hydrogens is 518 g/mol. The molecule has 0 aliphatic rings. The Hall–Kier alpha value is -2.90. The van der Waals surface area contributed by atoms with Crippen molar-refractivity contribution >= 4 is 39.5 Å². The fourth-order valence-electron chi connectivity index (χ4n) is 1.51. The third-order valence-electron chi connectivity index (χ3n) is 3.03. The van der Waals surface area contributed by atoms with Crippen LogP contribution in [0.4, 0.5) is 0 Å². The Morgan fingerprint density at radius 2 is 1.00 bits per heavy atom. The fraction of sp³-hybridized carbons (Fsp3) is 0.333. The second-order valence-electron chi connectivity index (χ2n) is 6.78. The highest BCUT2D eigenvalue weighted by Crippen LogP contribution is 2.60. The van der Waals surface area contributed by atoms with Gasteiger partial charge in [0.25, 0.3) is 0 Å². The Bertz CT molecular complexity index is 994. The van der Waals surface area contributed by atoms with Crippen LogP contribution in [0.1, 0.15) is 27.7 Å². The highest BCUT2D eigenvalue weighted by Gasteiger charge is 2.60. The maximum absolute atomic E-state index is 12.4. The van der Waals surface area contributed by atoms with E-state index in [4.69, 9.17) is 28.7 Å². The van der Waals surface area contributed by atoms with Crippen LogP contribution in [0.2, 0.25) is 0 Å². The molecule has 1 unspecified atom stereocenters. The molecule has 0 aromatic heterocycles. The van der Waals surface area contributed by atoms with Gasteiger partial charge < -0.3 is 33.6 Å². The molecule has 0 aliphatic heterocycles. The predicted octanol–water partition coefficient (Wildman–Crippen LogP) is 1.67. The van der Waals surface area contributed by atoms with Gasteiger partial charge in [-0.15, -0.1) is 0 Å². The van der Waals surface area contributed by atoms with Crippen LogP contribution in [0.25, 0.3) is 0 Å². The molecule has 0 radical (unpaired) electrons. The van der Waals surface area contributed by atoms with Gasteiger partial charge in [-0.05, 0) is 27.7 Å². The van der Waals surface area contributed by atoms with Gasteiger partial charge in [0.05, 0.1) is 0 Å². The number of ether oxygens (including phenoxy) is 4. The third-order valence-corrected chi connectivity index (χ3v) is 5.19. The molecule has 1 atom stereocenters. The summed E-state index contributed by atoms with van der Waals surface area (Å²) < 4.78 is 50.7. The molecule has 0 spiro atoms. The summed E-state index contributed by atoms with van der Waals surface area (Å²) in [6.45, 7) is 17.3. The number of hydrogen-bond acceptors (Lipinski definition) is 12. The first-order valence-electron chi connectivity index (χ1n) is 8.93. The number of rotatable bonds is 13. The lowest BCUT2D eigenvalue weighted by Gasteiger charge is -2.36. The van der Waals surface area contributed by atoms with Gasteiger partial charge in [0, 0.05) is 22.3 Å². The summed E-state index contributed by atoms with van der Waals surface area (Å²) in [6, 6.07) is 0. The van der Waals surface area contributed by atoms with Crippen molar-refractivity contribution in [1.29, 1.82) is 0 Å². The van der Waals surface area contributed by atoms with E-state index in [0.29, 0.717) is 0 Å². The van der Waals surface area contributed by atoms with Crippen LogP contribution >= 0.6 is 15.6 Å². The van der Waals surface area contributed by atoms with Crippen molar-refractivity contribution in [3.8, 4) is 0 Å². The van der Waals surface area contributed by atoms with Crippen molar-refractivity contribution < 1.29 is 70.8 Å². The molecule has 0 amide bonds. The van der Waals surface area contributed by atoms with Gasteiger partial charge in [0.2, 0.25) is 0 Å². The molecule has 0 saturated carbocycles. The number of carbonyl (C=O) groups excluding carboxylic acids is 4. The lowest BCUT2D eigenvalue weighted by molar-refractivity contribution is -0.385. The summed E-state index contributed by atoms with van der Waals surface area (Å²) >= 11 is 0. The Labute approximate surface area is 199 Å². The number of carbonyl (C=O) groups is 4. The lowest BCUT2D eigenvalue weighted by Crippen LogP contribution is -2.55. The van der Waals surface area contributed by atoms with E-state index in [0.717, 1.165) is 27.7 Å². The summed E-state index contributed by atoms with van der Waals surface area (Å²) in [4.78, 5) is 76.7. The van der Waals surface area contributed by atoms with Crippen LogP contribution in [0.15, 0.2) is 48.6 Å². The van der Waals surface area contributed by atoms with Gasteiger partial charge in [-0.25, -0.2) is 28.3 Å². The molecule has 15 nitrogen and oxygen atoms in total. The molecule has 0 saturated heterocycles. The number of phosphoric acid groups is 2. The molecule has 0 aromatic rings. The van der Waals surface area contributed by atoms with Gasteiger partial charge in [-0.3, -0.25) is 0 Å². The lowest BCUT2D eigenvalue weighted by atomic mass is 10.3. The van der Waals surface area contributed by atoms with Crippen molar-refractivity contribution in [2.24, 2.45) is 0 Å². The minimum atomic E-state index is -6.10. The number of hydrogen-bond donors (Lipinski definition) is 3. The van der Waals surface area contributed by atoms with Gasteiger partial charge in [0.15, 0.2) is 0 Å². The van der Waals surface area contributed by atoms with Crippen LogP contribution in [0.3, 0.4) is 0 Å². The van der Waals surface area contributed by atoms with Gasteiger partial charge >= 0.3 is 51.8 Å². The topological polar surface area (TPSA) is 218 Å². The van der Waals surface area contributed by atoms with Crippen molar-refractivity contribution in [3.05, 3.63) is 48.6 Å². The third kappa shape index (κ3) is 10.9. The van der Waals surface area contributed by atoms with Crippen LogP contribution in [-0.2, 0) is 56.1 Å². The Morgan fingerprint density at radius 3 is 1.26 bits per heavy atom. The largest absolute Gasteiger partial charge is 0.487 e. The quantitative estimate of drug-likeness (QED) is 0.130. The maximum Gasteiger partial charge on any atom is 0.487 e. The van der Waals surface area contributed by atoms with Crippen LogP contribution < -0.4 is 0 Å². The molecule has 196 valence electrons. The monoisotopic (exact) mass is 542 g/mol. The zero-order valence-corrected chi connectivity index (χ0v) is 20.8. The standard InChI is InChI=1S/C18H24O15P2/c1-9(2)13(19)28-17(29-14(20)10(3)4)18(30-15(21)11(5)6,31-16(22)12(7)8)32-35(26,27)33-34(23,24)25/h17H,1,3,5,7H2,2,4,6,8H3,(H,26,27)(H2,23,24,25). The normalized spacial score (nSPS) is 13.1. The molecule has 0 bridgehead atoms. The van der Waals surface area contributed by atoms with Gasteiger partial charge in [0.1, 0.15) is 0 Å². The highest BCUT2D eigenvalue weighted by atomic mass is 31.3. The summed E-state index contributed by atoms with van der Waals surface area (Å²) in [5.41, 5.74) is -1.67. The average molecular weight is 542 g/mol. The smallest absolute Gasteiger partial charge is 0.411 e. The molecule has 35 heavy (non-hydrogen) atoms. The first-order valence-corrected chi connectivity index (χ1v) is 12.0. The van der Waals surface area contributed by atoms with Gasteiger partial charge in [-0.2, -0.15) is 8.83 Å². The minimum absolute atomic E-state index is 0.369. The van der Waals surface area contributed by atoms with Crippen LogP contribution in [0, 0.1) is 0 Å². The molecule has 0 heterocycles. The summed E-state index contributed by atoms with van der Waals surface area (Å²) in [5, 5.41) is 0. The molecular formula is C18H24O15P2. The average Bonchev–Trinajstić information content (AvgIpc) is 2.63. The Kier molecular flexibility index (Phi) is 11.2. The highest BCUT2D eigenvalue weighted by molar-refractivity contribution is 7.60. The second-order valence-corrected chi connectivity index (χ2v) is 9.53. The zero-order chi connectivity index (χ0) is 27.9. The van der Waals surface area contributed by atoms with Crippen LogP contribution in [0.5, 0.6) is 0 Å². The fourth-order valence-corrected chi connectivity index (χ4v) is 3.20. The van der Waals surface area contributed by atoms with E-state index < -0.39 is 62.9 Å². The first kappa shape index (κ1) is 32.1. The summed E-state index contributed by atoms with van der Waals surface area (Å²) in [5.74, 6) is -9.78. The molecule has 0 aliphatic carbocycles. The van der Waals surface area contributed by atoms with E-state index >= 15 is 0 Å². The van der Waals surface area contributed by atoms with Crippen molar-refractivity contribution in [3.63, 3.8) is 0 Å². The molecule has 3 N–H and O–H groups in total. The Morgan fingerprint density at radius 1 is 0.686 bits per heavy atom. The maximum atomic E-state index is 12.4. The van der Waals surface area contributed by atoms with E-state index in [9.17, 15) is 33.2 Å². The van der Waals surface area contributed by atoms with Crippen molar-refractivity contribution in [2.75, 3.05) is 0 Å². The number of esters is 4. The van der Waals surface area contributed by atoms with E-state index in [2.05, 4.69) is 35.2 Å². The molecule has 0 rings (SSSR count). The SMILES string of the molecule is C=C(C)C(=O)OC(OC(=O)C(=C)C)C(OC(=O)C(=C)C)(OC(=O)C(=C)C)OP(=O)(O)OP(=O)(O)O. The second kappa shape index (κ2) is 12.2. The molecule has 17 heteroatoms. The van der Waals surface area contributed by atoms with Crippen molar-refractivity contribution in [2.45, 2.75) is 40.0 Å². The van der Waals surface area contributed by atoms with Gasteiger partial charge in [-0.1, -0.05) is 26.3 Å². The Balaban J connectivity index is 7.19. The van der Waals surface area contributed by atoms with E-state index in [-0.39, 0.29) is 11.1 Å². The predicted molar refractivity (Wildman–Crippen MR) is 114 cm³/mol. The summed E-state index contributed by atoms with van der Waals surface area (Å²) in [6.07, 6.45) is -2.87. The zero-order valence-electron chi connectivity index (χ0n) is 19.0. The number of phosphoric ester groups is 1. The van der Waals surface area contributed by atoms with E-state index in [1.165, 1.54) is 0 Å². The minimum Gasteiger partial charge on any atom is -0.411 e. The van der Waals surface area contributed by atoms with Crippen LogP contribution in [-0.4, -0.2) is 50.8 Å². The summed E-state index contributed by atoms with van der Waals surface area (Å²) in [7, 11) is -11.9. The van der Waals surface area contributed by atoms with E-state index in [1.54, 1.807) is 0 Å². The van der Waals surface area contributed by atoms with E-state index in [1.807, 2.05) is 0 Å². The molecule has 0 aromatic carbocycles. The first-order chi connectivity index (χ1) is 15.6.